The summed E-state index contributed by atoms with van der Waals surface area (Å²) < 4.78 is 5.27. The molecule has 0 atom stereocenters. The molecule has 3 nitrogen and oxygen atoms in total. The lowest BCUT2D eigenvalue weighted by Crippen LogP contribution is -2.40. The van der Waals surface area contributed by atoms with Gasteiger partial charge in [0.05, 0.1) is 0 Å². The van der Waals surface area contributed by atoms with Crippen molar-refractivity contribution in [2.24, 2.45) is 17.1 Å². The van der Waals surface area contributed by atoms with Crippen LogP contribution in [0.15, 0.2) is 0 Å². The lowest BCUT2D eigenvalue weighted by Gasteiger charge is -2.41. The standard InChI is InChI=1S/C12H21NO2/c13-9-12(4-1-5-12)8-11(14)10-2-6-15-7-3-10/h10H,1-9,13H2. The Morgan fingerprint density at radius 2 is 2.00 bits per heavy atom. The Bertz CT molecular complexity index is 224. The van der Waals surface area contributed by atoms with E-state index in [1.54, 1.807) is 0 Å². The van der Waals surface area contributed by atoms with Gasteiger partial charge >= 0.3 is 0 Å². The fourth-order valence-electron chi connectivity index (χ4n) is 2.66. The van der Waals surface area contributed by atoms with Crippen molar-refractivity contribution in [2.45, 2.75) is 38.5 Å². The van der Waals surface area contributed by atoms with Crippen LogP contribution in [0.5, 0.6) is 0 Å². The first-order chi connectivity index (χ1) is 7.26. The van der Waals surface area contributed by atoms with Crippen molar-refractivity contribution < 1.29 is 9.53 Å². The predicted octanol–water partition coefficient (Wildman–Crippen LogP) is 1.50. The molecular formula is C12H21NO2. The van der Waals surface area contributed by atoms with E-state index in [9.17, 15) is 4.79 Å². The van der Waals surface area contributed by atoms with Crippen molar-refractivity contribution in [3.63, 3.8) is 0 Å². The number of ketones is 1. The van der Waals surface area contributed by atoms with Gasteiger partial charge in [-0.25, -0.2) is 0 Å². The Morgan fingerprint density at radius 3 is 2.47 bits per heavy atom. The number of hydrogen-bond acceptors (Lipinski definition) is 3. The third-order valence-corrected chi connectivity index (χ3v) is 4.07. The number of carbonyl (C=O) groups excluding carboxylic acids is 1. The molecule has 2 rings (SSSR count). The van der Waals surface area contributed by atoms with Gasteiger partial charge in [0.25, 0.3) is 0 Å². The molecule has 0 aromatic rings. The minimum absolute atomic E-state index is 0.176. The van der Waals surface area contributed by atoms with Gasteiger partial charge in [-0.1, -0.05) is 6.42 Å². The predicted molar refractivity (Wildman–Crippen MR) is 58.5 cm³/mol. The largest absolute Gasteiger partial charge is 0.381 e. The summed E-state index contributed by atoms with van der Waals surface area (Å²) in [5.41, 5.74) is 5.95. The zero-order valence-electron chi connectivity index (χ0n) is 9.34. The Hall–Kier alpha value is -0.410. The molecule has 1 saturated carbocycles. The summed E-state index contributed by atoms with van der Waals surface area (Å²) in [5.74, 6) is 0.686. The lowest BCUT2D eigenvalue weighted by molar-refractivity contribution is -0.129. The summed E-state index contributed by atoms with van der Waals surface area (Å²) in [6.07, 6.45) is 6.10. The molecule has 2 aliphatic rings. The van der Waals surface area contributed by atoms with Crippen LogP contribution >= 0.6 is 0 Å². The number of nitrogens with two attached hydrogens (primary N) is 1. The SMILES string of the molecule is NCC1(CC(=O)C2CCOCC2)CCC1. The number of Topliss-reactive ketones (excluding diaryl/α,β-unsaturated/α-hetero) is 1. The summed E-state index contributed by atoms with van der Waals surface area (Å²) in [5, 5.41) is 0. The third kappa shape index (κ3) is 2.40. The molecule has 1 saturated heterocycles. The van der Waals surface area contributed by atoms with Crippen LogP contribution in [0.4, 0.5) is 0 Å². The highest BCUT2D eigenvalue weighted by Crippen LogP contribution is 2.44. The maximum Gasteiger partial charge on any atom is 0.136 e. The molecule has 15 heavy (non-hydrogen) atoms. The average molecular weight is 211 g/mol. The van der Waals surface area contributed by atoms with Crippen LogP contribution in [-0.4, -0.2) is 25.5 Å². The van der Waals surface area contributed by atoms with Crippen molar-refractivity contribution in [2.75, 3.05) is 19.8 Å². The van der Waals surface area contributed by atoms with E-state index in [2.05, 4.69) is 0 Å². The number of rotatable bonds is 4. The molecule has 1 aliphatic heterocycles. The zero-order chi connectivity index (χ0) is 10.7. The molecule has 2 fully saturated rings. The monoisotopic (exact) mass is 211 g/mol. The van der Waals surface area contributed by atoms with Gasteiger partial charge in [-0.05, 0) is 37.6 Å². The van der Waals surface area contributed by atoms with E-state index in [0.29, 0.717) is 18.7 Å². The van der Waals surface area contributed by atoms with Crippen LogP contribution < -0.4 is 5.73 Å². The van der Waals surface area contributed by atoms with Crippen LogP contribution in [0, 0.1) is 11.3 Å². The average Bonchev–Trinajstić information content (AvgIpc) is 2.24. The van der Waals surface area contributed by atoms with Gasteiger partial charge < -0.3 is 10.5 Å². The smallest absolute Gasteiger partial charge is 0.136 e. The third-order valence-electron chi connectivity index (χ3n) is 4.07. The fraction of sp³-hybridized carbons (Fsp3) is 0.917. The van der Waals surface area contributed by atoms with Crippen LogP contribution in [0.3, 0.4) is 0 Å². The summed E-state index contributed by atoms with van der Waals surface area (Å²) in [6.45, 7) is 2.19. The molecule has 2 N–H and O–H groups in total. The molecule has 3 heteroatoms. The number of carbonyl (C=O) groups is 1. The van der Waals surface area contributed by atoms with E-state index >= 15 is 0 Å². The molecule has 0 aromatic carbocycles. The summed E-state index contributed by atoms with van der Waals surface area (Å²) in [4.78, 5) is 12.1. The molecule has 0 unspecified atom stereocenters. The second-order valence-corrected chi connectivity index (χ2v) is 5.09. The van der Waals surface area contributed by atoms with Gasteiger partial charge in [-0.15, -0.1) is 0 Å². The van der Waals surface area contributed by atoms with E-state index < -0.39 is 0 Å². The van der Waals surface area contributed by atoms with Crippen molar-refractivity contribution in [1.82, 2.24) is 0 Å². The molecule has 0 spiro atoms. The molecule has 0 bridgehead atoms. The van der Waals surface area contributed by atoms with Crippen LogP contribution in [-0.2, 0) is 9.53 Å². The Labute approximate surface area is 91.4 Å². The number of ether oxygens (including phenoxy) is 1. The van der Waals surface area contributed by atoms with E-state index in [1.807, 2.05) is 0 Å². The highest BCUT2D eigenvalue weighted by atomic mass is 16.5. The maximum atomic E-state index is 12.1. The topological polar surface area (TPSA) is 52.3 Å². The molecule has 1 aliphatic carbocycles. The van der Waals surface area contributed by atoms with Gasteiger partial charge in [-0.3, -0.25) is 4.79 Å². The minimum Gasteiger partial charge on any atom is -0.381 e. The molecular weight excluding hydrogens is 190 g/mol. The minimum atomic E-state index is 0.176. The molecule has 0 amide bonds. The van der Waals surface area contributed by atoms with Crippen molar-refractivity contribution in [3.8, 4) is 0 Å². The Kier molecular flexibility index (Phi) is 3.42. The number of hydrogen-bond donors (Lipinski definition) is 1. The first-order valence-electron chi connectivity index (χ1n) is 6.06. The van der Waals surface area contributed by atoms with Crippen molar-refractivity contribution >= 4 is 5.78 Å². The second kappa shape index (κ2) is 4.62. The highest BCUT2D eigenvalue weighted by molar-refractivity contribution is 5.81. The maximum absolute atomic E-state index is 12.1. The van der Waals surface area contributed by atoms with Gasteiger partial charge in [-0.2, -0.15) is 0 Å². The Morgan fingerprint density at radius 1 is 1.33 bits per heavy atom. The second-order valence-electron chi connectivity index (χ2n) is 5.09. The summed E-state index contributed by atoms with van der Waals surface area (Å²) >= 11 is 0. The van der Waals surface area contributed by atoms with Crippen LogP contribution in [0.25, 0.3) is 0 Å². The van der Waals surface area contributed by atoms with E-state index in [0.717, 1.165) is 38.9 Å². The zero-order valence-corrected chi connectivity index (χ0v) is 9.34. The van der Waals surface area contributed by atoms with Crippen molar-refractivity contribution in [3.05, 3.63) is 0 Å². The Balaban J connectivity index is 1.85. The first-order valence-corrected chi connectivity index (χ1v) is 6.06. The van der Waals surface area contributed by atoms with Gasteiger partial charge in [0, 0.05) is 25.6 Å². The van der Waals surface area contributed by atoms with Gasteiger partial charge in [0.1, 0.15) is 5.78 Å². The van der Waals surface area contributed by atoms with E-state index in [4.69, 9.17) is 10.5 Å². The van der Waals surface area contributed by atoms with Gasteiger partial charge in [0.2, 0.25) is 0 Å². The summed E-state index contributed by atoms with van der Waals surface area (Å²) in [6, 6.07) is 0. The highest BCUT2D eigenvalue weighted by Gasteiger charge is 2.39. The van der Waals surface area contributed by atoms with E-state index in [1.165, 1.54) is 6.42 Å². The normalized spacial score (nSPS) is 25.9. The summed E-state index contributed by atoms with van der Waals surface area (Å²) in [7, 11) is 0. The van der Waals surface area contributed by atoms with Crippen LogP contribution in [0.2, 0.25) is 0 Å². The van der Waals surface area contributed by atoms with E-state index in [-0.39, 0.29) is 11.3 Å². The van der Waals surface area contributed by atoms with Crippen molar-refractivity contribution in [1.29, 1.82) is 0 Å². The molecule has 86 valence electrons. The molecule has 0 radical (unpaired) electrons. The first kappa shape index (κ1) is 11.1. The molecule has 1 heterocycles. The molecule has 0 aromatic heterocycles. The lowest BCUT2D eigenvalue weighted by atomic mass is 9.65. The quantitative estimate of drug-likeness (QED) is 0.766. The fourth-order valence-corrected chi connectivity index (χ4v) is 2.66. The van der Waals surface area contributed by atoms with Crippen LogP contribution in [0.1, 0.15) is 38.5 Å². The van der Waals surface area contributed by atoms with Gasteiger partial charge in [0.15, 0.2) is 0 Å².